The molecule has 0 bridgehead atoms. The van der Waals surface area contributed by atoms with E-state index >= 15 is 0 Å². The molecule has 0 aliphatic carbocycles. The van der Waals surface area contributed by atoms with Crippen LogP contribution in [-0.4, -0.2) is 50.4 Å². The number of carbonyl (C=O) groups excluding carboxylic acids is 1. The molecule has 2 amide bonds. The Labute approximate surface area is 136 Å². The highest BCUT2D eigenvalue weighted by Crippen LogP contribution is 2.34. The fourth-order valence-corrected chi connectivity index (χ4v) is 2.88. The van der Waals surface area contributed by atoms with Crippen molar-refractivity contribution in [2.75, 3.05) is 39.5 Å². The summed E-state index contributed by atoms with van der Waals surface area (Å²) in [7, 11) is 0. The van der Waals surface area contributed by atoms with Crippen molar-refractivity contribution in [2.45, 2.75) is 19.9 Å². The first-order chi connectivity index (χ1) is 11.1. The van der Waals surface area contributed by atoms with E-state index in [4.69, 9.17) is 14.2 Å². The number of nitrogens with zero attached hydrogens (tertiary/aromatic N) is 1. The van der Waals surface area contributed by atoms with Gasteiger partial charge in [-0.2, -0.15) is 0 Å². The van der Waals surface area contributed by atoms with Crippen molar-refractivity contribution in [2.24, 2.45) is 5.92 Å². The third-order valence-corrected chi connectivity index (χ3v) is 4.17. The van der Waals surface area contributed by atoms with E-state index in [9.17, 15) is 4.79 Å². The zero-order chi connectivity index (χ0) is 16.2. The molecule has 6 nitrogen and oxygen atoms in total. The average molecular weight is 320 g/mol. The maximum Gasteiger partial charge on any atom is 0.318 e. The Kier molecular flexibility index (Phi) is 4.91. The molecule has 3 rings (SSSR count). The van der Waals surface area contributed by atoms with Crippen molar-refractivity contribution in [1.82, 2.24) is 10.2 Å². The Balaban J connectivity index is 1.74. The molecule has 0 radical (unpaired) electrons. The number of ether oxygens (including phenoxy) is 3. The highest BCUT2D eigenvalue weighted by atomic mass is 16.6. The molecule has 0 aromatic heterocycles. The summed E-state index contributed by atoms with van der Waals surface area (Å²) in [5, 5.41) is 3.14. The lowest BCUT2D eigenvalue weighted by Crippen LogP contribution is -2.47. The number of hydrogen-bond acceptors (Lipinski definition) is 4. The molecule has 1 unspecified atom stereocenters. The Bertz CT molecular complexity index is 556. The molecule has 1 N–H and O–H groups in total. The summed E-state index contributed by atoms with van der Waals surface area (Å²) in [5.74, 6) is 1.78. The number of benzene rings is 1. The third-order valence-electron chi connectivity index (χ3n) is 4.17. The molecule has 1 fully saturated rings. The SMILES string of the molecule is CC(C)C(NC(=O)N1CCOCC1)c1ccc2c(c1)OCCO2. The van der Waals surface area contributed by atoms with Crippen LogP contribution in [-0.2, 0) is 4.74 Å². The van der Waals surface area contributed by atoms with Gasteiger partial charge in [-0.15, -0.1) is 0 Å². The molecule has 1 saturated heterocycles. The van der Waals surface area contributed by atoms with Gasteiger partial charge in [-0.1, -0.05) is 19.9 Å². The van der Waals surface area contributed by atoms with Crippen molar-refractivity contribution in [1.29, 1.82) is 0 Å². The van der Waals surface area contributed by atoms with E-state index in [1.165, 1.54) is 0 Å². The Morgan fingerprint density at radius 2 is 1.78 bits per heavy atom. The van der Waals surface area contributed by atoms with E-state index < -0.39 is 0 Å². The van der Waals surface area contributed by atoms with Gasteiger partial charge in [0.2, 0.25) is 0 Å². The second-order valence-electron chi connectivity index (χ2n) is 6.17. The van der Waals surface area contributed by atoms with E-state index in [1.807, 2.05) is 18.2 Å². The summed E-state index contributed by atoms with van der Waals surface area (Å²) in [5.41, 5.74) is 1.03. The molecule has 2 aliphatic heterocycles. The number of nitrogens with one attached hydrogen (secondary N) is 1. The van der Waals surface area contributed by atoms with Crippen molar-refractivity contribution >= 4 is 6.03 Å². The van der Waals surface area contributed by atoms with Gasteiger partial charge < -0.3 is 24.4 Å². The van der Waals surface area contributed by atoms with Gasteiger partial charge in [-0.25, -0.2) is 4.79 Å². The predicted octanol–water partition coefficient (Wildman–Crippen LogP) is 2.20. The van der Waals surface area contributed by atoms with Gasteiger partial charge in [0.15, 0.2) is 11.5 Å². The molecule has 1 aromatic rings. The summed E-state index contributed by atoms with van der Waals surface area (Å²) in [6.45, 7) is 7.81. The standard InChI is InChI=1S/C17H24N2O4/c1-12(2)16(18-17(20)19-5-7-21-8-6-19)13-3-4-14-15(11-13)23-10-9-22-14/h3-4,11-12,16H,5-10H2,1-2H3,(H,18,20). The van der Waals surface area contributed by atoms with Crippen LogP contribution < -0.4 is 14.8 Å². The van der Waals surface area contributed by atoms with Crippen molar-refractivity contribution in [3.05, 3.63) is 23.8 Å². The van der Waals surface area contributed by atoms with Crippen LogP contribution in [0, 0.1) is 5.92 Å². The highest BCUT2D eigenvalue weighted by Gasteiger charge is 2.24. The van der Waals surface area contributed by atoms with E-state index in [2.05, 4.69) is 19.2 Å². The van der Waals surface area contributed by atoms with Gasteiger partial charge in [0.25, 0.3) is 0 Å². The number of amides is 2. The van der Waals surface area contributed by atoms with Crippen LogP contribution in [0.15, 0.2) is 18.2 Å². The Morgan fingerprint density at radius 1 is 1.09 bits per heavy atom. The quantitative estimate of drug-likeness (QED) is 0.927. The first-order valence-corrected chi connectivity index (χ1v) is 8.18. The van der Waals surface area contributed by atoms with Crippen LogP contribution in [0.1, 0.15) is 25.5 Å². The summed E-state index contributed by atoms with van der Waals surface area (Å²) in [4.78, 5) is 14.3. The summed E-state index contributed by atoms with van der Waals surface area (Å²) in [6.07, 6.45) is 0. The second kappa shape index (κ2) is 7.08. The lowest BCUT2D eigenvalue weighted by atomic mass is 9.95. The molecule has 6 heteroatoms. The molecule has 23 heavy (non-hydrogen) atoms. The van der Waals surface area contributed by atoms with Crippen molar-refractivity contribution in [3.8, 4) is 11.5 Å². The number of urea groups is 1. The number of fused-ring (bicyclic) bond motifs is 1. The van der Waals surface area contributed by atoms with E-state index in [-0.39, 0.29) is 18.0 Å². The van der Waals surface area contributed by atoms with Gasteiger partial charge in [-0.05, 0) is 23.6 Å². The number of morpholine rings is 1. The predicted molar refractivity (Wildman–Crippen MR) is 85.9 cm³/mol. The largest absolute Gasteiger partial charge is 0.486 e. The van der Waals surface area contributed by atoms with Crippen LogP contribution in [0.25, 0.3) is 0 Å². The van der Waals surface area contributed by atoms with Gasteiger partial charge >= 0.3 is 6.03 Å². The number of hydrogen-bond donors (Lipinski definition) is 1. The average Bonchev–Trinajstić information content (AvgIpc) is 2.59. The topological polar surface area (TPSA) is 60.0 Å². The van der Waals surface area contributed by atoms with Crippen LogP contribution in [0.4, 0.5) is 4.79 Å². The molecular weight excluding hydrogens is 296 g/mol. The summed E-state index contributed by atoms with van der Waals surface area (Å²) >= 11 is 0. The van der Waals surface area contributed by atoms with E-state index in [1.54, 1.807) is 4.90 Å². The zero-order valence-electron chi connectivity index (χ0n) is 13.7. The Hall–Kier alpha value is -1.95. The first kappa shape index (κ1) is 15.9. The highest BCUT2D eigenvalue weighted by molar-refractivity contribution is 5.75. The van der Waals surface area contributed by atoms with Crippen LogP contribution in [0.2, 0.25) is 0 Å². The molecule has 2 heterocycles. The second-order valence-corrected chi connectivity index (χ2v) is 6.17. The van der Waals surface area contributed by atoms with Gasteiger partial charge in [0.05, 0.1) is 19.3 Å². The molecule has 0 saturated carbocycles. The first-order valence-electron chi connectivity index (χ1n) is 8.18. The number of carbonyl (C=O) groups is 1. The van der Waals surface area contributed by atoms with Gasteiger partial charge in [0, 0.05) is 13.1 Å². The van der Waals surface area contributed by atoms with Gasteiger partial charge in [-0.3, -0.25) is 0 Å². The fourth-order valence-electron chi connectivity index (χ4n) is 2.88. The summed E-state index contributed by atoms with van der Waals surface area (Å²) < 4.78 is 16.5. The Morgan fingerprint density at radius 3 is 2.48 bits per heavy atom. The van der Waals surface area contributed by atoms with Crippen molar-refractivity contribution < 1.29 is 19.0 Å². The molecule has 0 spiro atoms. The van der Waals surface area contributed by atoms with Crippen molar-refractivity contribution in [3.63, 3.8) is 0 Å². The number of rotatable bonds is 3. The molecular formula is C17H24N2O4. The van der Waals surface area contributed by atoms with E-state index in [0.29, 0.717) is 39.5 Å². The minimum absolute atomic E-state index is 0.0399. The maximum atomic E-state index is 12.5. The van der Waals surface area contributed by atoms with Crippen LogP contribution in [0.5, 0.6) is 11.5 Å². The molecule has 1 atom stereocenters. The van der Waals surface area contributed by atoms with E-state index in [0.717, 1.165) is 17.1 Å². The van der Waals surface area contributed by atoms with Crippen LogP contribution in [0.3, 0.4) is 0 Å². The zero-order valence-corrected chi connectivity index (χ0v) is 13.7. The minimum atomic E-state index is -0.0684. The fraction of sp³-hybridized carbons (Fsp3) is 0.588. The van der Waals surface area contributed by atoms with Crippen LogP contribution >= 0.6 is 0 Å². The maximum absolute atomic E-state index is 12.5. The molecule has 2 aliphatic rings. The molecule has 1 aromatic carbocycles. The smallest absolute Gasteiger partial charge is 0.318 e. The normalized spacial score (nSPS) is 18.7. The van der Waals surface area contributed by atoms with Gasteiger partial charge in [0.1, 0.15) is 13.2 Å². The monoisotopic (exact) mass is 320 g/mol. The lowest BCUT2D eigenvalue weighted by molar-refractivity contribution is 0.0520. The third kappa shape index (κ3) is 3.69. The lowest BCUT2D eigenvalue weighted by Gasteiger charge is -2.31. The molecule has 126 valence electrons. The minimum Gasteiger partial charge on any atom is -0.486 e. The summed E-state index contributed by atoms with van der Waals surface area (Å²) in [6, 6.07) is 5.78.